The maximum atomic E-state index is 3.41. The van der Waals surface area contributed by atoms with E-state index in [2.05, 4.69) is 35.9 Å². The van der Waals surface area contributed by atoms with Gasteiger partial charge in [0.15, 0.2) is 0 Å². The predicted octanol–water partition coefficient (Wildman–Crippen LogP) is 1.79. The van der Waals surface area contributed by atoms with Crippen LogP contribution in [0.15, 0.2) is 0 Å². The largest absolute Gasteiger partial charge is 0.314 e. The van der Waals surface area contributed by atoms with E-state index in [0.29, 0.717) is 6.04 Å². The van der Waals surface area contributed by atoms with Gasteiger partial charge in [0, 0.05) is 45.3 Å². The lowest BCUT2D eigenvalue weighted by molar-refractivity contribution is 0.163. The summed E-state index contributed by atoms with van der Waals surface area (Å²) < 4.78 is 0. The molecule has 0 aromatic carbocycles. The minimum atomic E-state index is 0.690. The van der Waals surface area contributed by atoms with Crippen molar-refractivity contribution in [3.8, 4) is 0 Å². The Morgan fingerprint density at radius 1 is 1.12 bits per heavy atom. The van der Waals surface area contributed by atoms with Crippen LogP contribution in [-0.2, 0) is 0 Å². The first-order chi connectivity index (χ1) is 8.24. The lowest BCUT2D eigenvalue weighted by Gasteiger charge is -2.32. The zero-order valence-corrected chi connectivity index (χ0v) is 12.0. The van der Waals surface area contributed by atoms with Crippen LogP contribution in [0.1, 0.15) is 40.0 Å². The molecule has 0 amide bonds. The molecule has 1 N–H and O–H groups in total. The summed E-state index contributed by atoms with van der Waals surface area (Å²) in [5, 5.41) is 3.41. The molecule has 3 nitrogen and oxygen atoms in total. The maximum Gasteiger partial charge on any atom is 0.0112 e. The summed E-state index contributed by atoms with van der Waals surface area (Å²) in [7, 11) is 0. The van der Waals surface area contributed by atoms with E-state index in [0.717, 1.165) is 13.1 Å². The van der Waals surface area contributed by atoms with E-state index in [-0.39, 0.29) is 0 Å². The first-order valence-electron chi connectivity index (χ1n) is 7.41. The maximum absolute atomic E-state index is 3.41. The Balaban J connectivity index is 2.18. The van der Waals surface area contributed by atoms with E-state index in [1.165, 1.54) is 52.0 Å². The molecule has 0 aliphatic carbocycles. The third-order valence-electron chi connectivity index (χ3n) is 3.69. The summed E-state index contributed by atoms with van der Waals surface area (Å²) in [6, 6.07) is 0.690. The number of nitrogens with zero attached hydrogens (tertiary/aromatic N) is 2. The van der Waals surface area contributed by atoms with E-state index in [4.69, 9.17) is 0 Å². The molecule has 1 aliphatic heterocycles. The Kier molecular flexibility index (Phi) is 7.82. The monoisotopic (exact) mass is 241 g/mol. The third-order valence-corrected chi connectivity index (χ3v) is 3.69. The van der Waals surface area contributed by atoms with E-state index in [1.54, 1.807) is 0 Å². The molecular formula is C14H31N3. The lowest BCUT2D eigenvalue weighted by Crippen LogP contribution is -2.47. The molecule has 0 aromatic heterocycles. The molecule has 1 heterocycles. The van der Waals surface area contributed by atoms with Gasteiger partial charge in [0.05, 0.1) is 0 Å². The van der Waals surface area contributed by atoms with Gasteiger partial charge in [0.2, 0.25) is 0 Å². The molecule has 0 saturated carbocycles. The normalized spacial score (nSPS) is 18.2. The van der Waals surface area contributed by atoms with Crippen molar-refractivity contribution in [3.05, 3.63) is 0 Å². The summed E-state index contributed by atoms with van der Waals surface area (Å²) in [4.78, 5) is 5.23. The molecule has 17 heavy (non-hydrogen) atoms. The second-order valence-electron chi connectivity index (χ2n) is 5.43. The molecule has 0 bridgehead atoms. The summed E-state index contributed by atoms with van der Waals surface area (Å²) in [5.41, 5.74) is 0. The molecule has 0 unspecified atom stereocenters. The highest BCUT2D eigenvalue weighted by molar-refractivity contribution is 4.71. The van der Waals surface area contributed by atoms with Crippen LogP contribution in [0.25, 0.3) is 0 Å². The molecule has 0 aromatic rings. The zero-order valence-electron chi connectivity index (χ0n) is 12.0. The van der Waals surface area contributed by atoms with Gasteiger partial charge in [0.1, 0.15) is 0 Å². The Bertz CT molecular complexity index is 176. The number of piperazine rings is 1. The summed E-state index contributed by atoms with van der Waals surface area (Å²) in [5.74, 6) is 0. The number of nitrogens with one attached hydrogen (secondary N) is 1. The fourth-order valence-electron chi connectivity index (χ4n) is 2.40. The Morgan fingerprint density at radius 2 is 1.82 bits per heavy atom. The molecule has 1 saturated heterocycles. The van der Waals surface area contributed by atoms with Gasteiger partial charge in [0.25, 0.3) is 0 Å². The highest BCUT2D eigenvalue weighted by Gasteiger charge is 2.13. The van der Waals surface area contributed by atoms with Crippen molar-refractivity contribution < 1.29 is 0 Å². The second kappa shape index (κ2) is 8.90. The summed E-state index contributed by atoms with van der Waals surface area (Å²) >= 11 is 0. The zero-order chi connectivity index (χ0) is 12.5. The molecule has 102 valence electrons. The van der Waals surface area contributed by atoms with Gasteiger partial charge in [-0.2, -0.15) is 0 Å². The van der Waals surface area contributed by atoms with Crippen molar-refractivity contribution in [1.82, 2.24) is 15.1 Å². The van der Waals surface area contributed by atoms with Crippen molar-refractivity contribution in [2.45, 2.75) is 46.1 Å². The molecule has 0 radical (unpaired) electrons. The Labute approximate surface area is 108 Å². The van der Waals surface area contributed by atoms with Crippen LogP contribution in [0.2, 0.25) is 0 Å². The third kappa shape index (κ3) is 6.39. The molecule has 0 spiro atoms. The van der Waals surface area contributed by atoms with Crippen molar-refractivity contribution in [3.63, 3.8) is 0 Å². The van der Waals surface area contributed by atoms with Crippen LogP contribution in [0, 0.1) is 0 Å². The van der Waals surface area contributed by atoms with Gasteiger partial charge >= 0.3 is 0 Å². The van der Waals surface area contributed by atoms with Gasteiger partial charge in [-0.15, -0.1) is 0 Å². The fourth-order valence-corrected chi connectivity index (χ4v) is 2.40. The van der Waals surface area contributed by atoms with Gasteiger partial charge in [-0.05, 0) is 26.8 Å². The minimum absolute atomic E-state index is 0.690. The quantitative estimate of drug-likeness (QED) is 0.654. The van der Waals surface area contributed by atoms with E-state index in [1.807, 2.05) is 0 Å². The van der Waals surface area contributed by atoms with Crippen LogP contribution in [-0.4, -0.2) is 61.7 Å². The van der Waals surface area contributed by atoms with Crippen LogP contribution in [0.5, 0.6) is 0 Å². The molecule has 1 aliphatic rings. The lowest BCUT2D eigenvalue weighted by atomic mass is 10.2. The predicted molar refractivity (Wildman–Crippen MR) is 75.5 cm³/mol. The average Bonchev–Trinajstić information content (AvgIpc) is 2.34. The van der Waals surface area contributed by atoms with Crippen molar-refractivity contribution in [2.75, 3.05) is 45.8 Å². The summed E-state index contributed by atoms with van der Waals surface area (Å²) in [6.45, 7) is 15.5. The van der Waals surface area contributed by atoms with Crippen LogP contribution in [0.4, 0.5) is 0 Å². The number of hydrogen-bond donors (Lipinski definition) is 1. The summed E-state index contributed by atoms with van der Waals surface area (Å²) in [6.07, 6.45) is 4.05. The highest BCUT2D eigenvalue weighted by Crippen LogP contribution is 2.04. The second-order valence-corrected chi connectivity index (χ2v) is 5.43. The van der Waals surface area contributed by atoms with Crippen molar-refractivity contribution in [2.24, 2.45) is 0 Å². The molecule has 3 heteroatoms. The fraction of sp³-hybridized carbons (Fsp3) is 1.00. The number of unbranched alkanes of at least 4 members (excludes halogenated alkanes) is 2. The van der Waals surface area contributed by atoms with Gasteiger partial charge in [-0.3, -0.25) is 9.80 Å². The standard InChI is InChI=1S/C14H31N3/c1-4-5-6-9-17(14(2)3)13-12-16-10-7-15-8-11-16/h14-15H,4-13H2,1-3H3. The molecular weight excluding hydrogens is 210 g/mol. The van der Waals surface area contributed by atoms with Crippen LogP contribution in [0.3, 0.4) is 0 Å². The SMILES string of the molecule is CCCCCN(CCN1CCNCC1)C(C)C. The smallest absolute Gasteiger partial charge is 0.0112 e. The number of rotatable bonds is 8. The van der Waals surface area contributed by atoms with E-state index >= 15 is 0 Å². The molecule has 1 fully saturated rings. The minimum Gasteiger partial charge on any atom is -0.314 e. The first-order valence-corrected chi connectivity index (χ1v) is 7.41. The van der Waals surface area contributed by atoms with E-state index in [9.17, 15) is 0 Å². The topological polar surface area (TPSA) is 18.5 Å². The molecule has 0 atom stereocenters. The Morgan fingerprint density at radius 3 is 2.41 bits per heavy atom. The van der Waals surface area contributed by atoms with Gasteiger partial charge in [-0.25, -0.2) is 0 Å². The van der Waals surface area contributed by atoms with Crippen LogP contribution >= 0.6 is 0 Å². The van der Waals surface area contributed by atoms with Crippen molar-refractivity contribution in [1.29, 1.82) is 0 Å². The Hall–Kier alpha value is -0.120. The average molecular weight is 241 g/mol. The van der Waals surface area contributed by atoms with Gasteiger partial charge < -0.3 is 5.32 Å². The highest BCUT2D eigenvalue weighted by atomic mass is 15.2. The molecule has 1 rings (SSSR count). The van der Waals surface area contributed by atoms with Crippen LogP contribution < -0.4 is 5.32 Å². The van der Waals surface area contributed by atoms with E-state index < -0.39 is 0 Å². The van der Waals surface area contributed by atoms with Crippen molar-refractivity contribution >= 4 is 0 Å². The van der Waals surface area contributed by atoms with Gasteiger partial charge in [-0.1, -0.05) is 19.8 Å². The first kappa shape index (κ1) is 14.9. The number of hydrogen-bond acceptors (Lipinski definition) is 3.